The number of aryl methyl sites for hydroxylation is 1. The maximum Gasteiger partial charge on any atom is 0.419 e. The Bertz CT molecular complexity index is 374. The highest BCUT2D eigenvalue weighted by atomic mass is 35.5. The Morgan fingerprint density at radius 1 is 1.33 bits per heavy atom. The van der Waals surface area contributed by atoms with E-state index < -0.39 is 34.4 Å². The quantitative estimate of drug-likeness (QED) is 0.682. The average Bonchev–Trinajstić information content (AvgIpc) is 2.00. The van der Waals surface area contributed by atoms with Crippen LogP contribution in [0.3, 0.4) is 0 Å². The van der Waals surface area contributed by atoms with Crippen molar-refractivity contribution in [2.75, 3.05) is 0 Å². The maximum atomic E-state index is 12.4. The van der Waals surface area contributed by atoms with Crippen molar-refractivity contribution in [2.45, 2.75) is 19.5 Å². The van der Waals surface area contributed by atoms with E-state index in [1.807, 2.05) is 0 Å². The van der Waals surface area contributed by atoms with Crippen molar-refractivity contribution >= 4 is 11.6 Å². The van der Waals surface area contributed by atoms with Crippen molar-refractivity contribution in [1.29, 1.82) is 0 Å². The van der Waals surface area contributed by atoms with Gasteiger partial charge in [-0.05, 0) is 6.92 Å². The SMILES string of the molecule is Cc1ncc(C(F)F)c(Cl)c1C(F)(F)F. The summed E-state index contributed by atoms with van der Waals surface area (Å²) in [6.45, 7) is 1.06. The molecule has 0 fully saturated rings. The molecule has 1 rings (SSSR count). The van der Waals surface area contributed by atoms with Crippen LogP contribution in [0.4, 0.5) is 22.0 Å². The summed E-state index contributed by atoms with van der Waals surface area (Å²) in [5.41, 5.74) is -2.63. The standard InChI is InChI=1S/C8H5ClF5N/c1-3-5(8(12,13)14)6(9)4(2-15-3)7(10)11/h2,7H,1H3. The van der Waals surface area contributed by atoms with Gasteiger partial charge in [-0.1, -0.05) is 11.6 Å². The number of alkyl halides is 5. The van der Waals surface area contributed by atoms with E-state index in [2.05, 4.69) is 4.98 Å². The number of hydrogen-bond acceptors (Lipinski definition) is 1. The van der Waals surface area contributed by atoms with Crippen LogP contribution in [0.1, 0.15) is 23.2 Å². The predicted octanol–water partition coefficient (Wildman–Crippen LogP) is 4.00. The second kappa shape index (κ2) is 3.92. The third-order valence-electron chi connectivity index (χ3n) is 1.75. The molecular weight excluding hydrogens is 241 g/mol. The molecule has 0 aliphatic carbocycles. The van der Waals surface area contributed by atoms with E-state index in [0.29, 0.717) is 6.20 Å². The lowest BCUT2D eigenvalue weighted by Crippen LogP contribution is -2.11. The Kier molecular flexibility index (Phi) is 3.18. The van der Waals surface area contributed by atoms with Crippen LogP contribution in [-0.2, 0) is 6.18 Å². The van der Waals surface area contributed by atoms with Crippen LogP contribution in [0.15, 0.2) is 6.20 Å². The monoisotopic (exact) mass is 245 g/mol. The van der Waals surface area contributed by atoms with E-state index in [4.69, 9.17) is 11.6 Å². The highest BCUT2D eigenvalue weighted by Crippen LogP contribution is 2.40. The zero-order chi connectivity index (χ0) is 11.8. The van der Waals surface area contributed by atoms with Gasteiger partial charge in [0.05, 0.1) is 21.8 Å². The zero-order valence-electron chi connectivity index (χ0n) is 7.37. The molecule has 0 aliphatic rings. The Labute approximate surface area is 86.9 Å². The Hall–Kier alpha value is -0.910. The molecule has 1 heterocycles. The van der Waals surface area contributed by atoms with Crippen LogP contribution in [-0.4, -0.2) is 4.98 Å². The minimum Gasteiger partial charge on any atom is -0.260 e. The second-order valence-electron chi connectivity index (χ2n) is 2.79. The minimum absolute atomic E-state index is 0.420. The molecule has 0 aliphatic heterocycles. The van der Waals surface area contributed by atoms with Gasteiger partial charge in [-0.3, -0.25) is 4.98 Å². The van der Waals surface area contributed by atoms with Gasteiger partial charge in [0.1, 0.15) is 0 Å². The molecule has 0 unspecified atom stereocenters. The summed E-state index contributed by atoms with van der Waals surface area (Å²) in [7, 11) is 0. The molecule has 1 aromatic heterocycles. The third-order valence-corrected chi connectivity index (χ3v) is 2.16. The highest BCUT2D eigenvalue weighted by Gasteiger charge is 2.37. The molecule has 1 aromatic rings. The molecule has 0 amide bonds. The molecule has 0 bridgehead atoms. The van der Waals surface area contributed by atoms with Gasteiger partial charge in [-0.2, -0.15) is 13.2 Å². The largest absolute Gasteiger partial charge is 0.419 e. The van der Waals surface area contributed by atoms with Gasteiger partial charge in [-0.15, -0.1) is 0 Å². The van der Waals surface area contributed by atoms with Crippen LogP contribution in [0.5, 0.6) is 0 Å². The molecule has 15 heavy (non-hydrogen) atoms. The smallest absolute Gasteiger partial charge is 0.260 e. The Morgan fingerprint density at radius 2 is 1.87 bits per heavy atom. The van der Waals surface area contributed by atoms with E-state index >= 15 is 0 Å². The second-order valence-corrected chi connectivity index (χ2v) is 3.16. The molecule has 0 aromatic carbocycles. The summed E-state index contributed by atoms with van der Waals surface area (Å²) < 4.78 is 61.6. The van der Waals surface area contributed by atoms with Crippen molar-refractivity contribution < 1.29 is 22.0 Å². The average molecular weight is 246 g/mol. The van der Waals surface area contributed by atoms with E-state index in [-0.39, 0.29) is 0 Å². The summed E-state index contributed by atoms with van der Waals surface area (Å²) in [4.78, 5) is 3.24. The summed E-state index contributed by atoms with van der Waals surface area (Å²) in [5, 5.41) is -0.981. The number of hydrogen-bond donors (Lipinski definition) is 0. The van der Waals surface area contributed by atoms with Gasteiger partial charge in [0.25, 0.3) is 6.43 Å². The first-order valence-electron chi connectivity index (χ1n) is 3.75. The first kappa shape index (κ1) is 12.2. The summed E-state index contributed by atoms with van der Waals surface area (Å²) in [5.74, 6) is 0. The first-order chi connectivity index (χ1) is 6.75. The molecular formula is C8H5ClF5N. The van der Waals surface area contributed by atoms with Crippen molar-refractivity contribution in [2.24, 2.45) is 0 Å². The highest BCUT2D eigenvalue weighted by molar-refractivity contribution is 6.32. The van der Waals surface area contributed by atoms with Gasteiger partial charge in [0, 0.05) is 6.20 Å². The van der Waals surface area contributed by atoms with Crippen molar-refractivity contribution in [1.82, 2.24) is 4.98 Å². The fourth-order valence-corrected chi connectivity index (χ4v) is 1.45. The van der Waals surface area contributed by atoms with E-state index in [0.717, 1.165) is 6.92 Å². The predicted molar refractivity (Wildman–Crippen MR) is 43.9 cm³/mol. The van der Waals surface area contributed by atoms with Gasteiger partial charge in [-0.25, -0.2) is 8.78 Å². The fraction of sp³-hybridized carbons (Fsp3) is 0.375. The Balaban J connectivity index is 3.44. The first-order valence-corrected chi connectivity index (χ1v) is 4.13. The number of pyridine rings is 1. The minimum atomic E-state index is -4.78. The molecule has 0 spiro atoms. The number of nitrogens with zero attached hydrogens (tertiary/aromatic N) is 1. The number of aromatic nitrogens is 1. The van der Waals surface area contributed by atoms with Crippen LogP contribution in [0.25, 0.3) is 0 Å². The lowest BCUT2D eigenvalue weighted by Gasteiger charge is -2.13. The Morgan fingerprint density at radius 3 is 2.27 bits per heavy atom. The third kappa shape index (κ3) is 2.37. The van der Waals surface area contributed by atoms with Gasteiger partial charge < -0.3 is 0 Å². The van der Waals surface area contributed by atoms with Crippen molar-refractivity contribution in [3.05, 3.63) is 28.0 Å². The van der Waals surface area contributed by atoms with Gasteiger partial charge in [0.15, 0.2) is 0 Å². The normalized spacial score (nSPS) is 12.3. The van der Waals surface area contributed by atoms with Crippen LogP contribution >= 0.6 is 11.6 Å². The number of rotatable bonds is 1. The molecule has 0 saturated heterocycles. The molecule has 0 saturated carbocycles. The van der Waals surface area contributed by atoms with Gasteiger partial charge >= 0.3 is 6.18 Å². The zero-order valence-corrected chi connectivity index (χ0v) is 8.13. The molecule has 0 atom stereocenters. The van der Waals surface area contributed by atoms with Crippen LogP contribution in [0.2, 0.25) is 5.02 Å². The molecule has 0 radical (unpaired) electrons. The van der Waals surface area contributed by atoms with Crippen molar-refractivity contribution in [3.8, 4) is 0 Å². The molecule has 0 N–H and O–H groups in total. The van der Waals surface area contributed by atoms with Crippen LogP contribution < -0.4 is 0 Å². The summed E-state index contributed by atoms with van der Waals surface area (Å²) >= 11 is 5.25. The maximum absolute atomic E-state index is 12.4. The fourth-order valence-electron chi connectivity index (χ4n) is 1.07. The molecule has 1 nitrogen and oxygen atoms in total. The number of halogens is 6. The van der Waals surface area contributed by atoms with Crippen LogP contribution in [0, 0.1) is 6.92 Å². The van der Waals surface area contributed by atoms with E-state index in [1.165, 1.54) is 0 Å². The van der Waals surface area contributed by atoms with E-state index in [9.17, 15) is 22.0 Å². The molecule has 7 heteroatoms. The lowest BCUT2D eigenvalue weighted by molar-refractivity contribution is -0.138. The topological polar surface area (TPSA) is 12.9 Å². The molecule has 84 valence electrons. The summed E-state index contributed by atoms with van der Waals surface area (Å²) in [6, 6.07) is 0. The lowest BCUT2D eigenvalue weighted by atomic mass is 10.1. The summed E-state index contributed by atoms with van der Waals surface area (Å²) in [6.07, 6.45) is -7.21. The van der Waals surface area contributed by atoms with Crippen molar-refractivity contribution in [3.63, 3.8) is 0 Å². The van der Waals surface area contributed by atoms with Gasteiger partial charge in [0.2, 0.25) is 0 Å². The van der Waals surface area contributed by atoms with E-state index in [1.54, 1.807) is 0 Å².